The molecule has 1 aliphatic heterocycles. The lowest BCUT2D eigenvalue weighted by Gasteiger charge is -2.37. The van der Waals surface area contributed by atoms with Crippen LogP contribution < -0.4 is 10.6 Å². The van der Waals surface area contributed by atoms with Crippen LogP contribution in [0.2, 0.25) is 0 Å². The lowest BCUT2D eigenvalue weighted by atomic mass is 9.90. The molecule has 0 radical (unpaired) electrons. The summed E-state index contributed by atoms with van der Waals surface area (Å²) in [5, 5.41) is 14.8. The molecule has 7 heteroatoms. The van der Waals surface area contributed by atoms with Crippen LogP contribution in [0.3, 0.4) is 0 Å². The number of urea groups is 1. The molecule has 3 N–H and O–H groups in total. The third kappa shape index (κ3) is 4.49. The van der Waals surface area contributed by atoms with Crippen molar-refractivity contribution in [2.75, 3.05) is 17.2 Å². The Morgan fingerprint density at radius 2 is 1.57 bits per heavy atom. The molecule has 28 heavy (non-hydrogen) atoms. The second-order valence-electron chi connectivity index (χ2n) is 6.85. The Bertz CT molecular complexity index is 852. The number of carboxylic acid groups (broad SMARTS) is 1. The zero-order valence-electron chi connectivity index (χ0n) is 15.6. The van der Waals surface area contributed by atoms with Crippen LogP contribution in [0.1, 0.15) is 30.1 Å². The Kier molecular flexibility index (Phi) is 5.93. The Balaban J connectivity index is 1.62. The van der Waals surface area contributed by atoms with E-state index >= 15 is 0 Å². The summed E-state index contributed by atoms with van der Waals surface area (Å²) in [5.74, 6) is -1.60. The molecule has 0 unspecified atom stereocenters. The van der Waals surface area contributed by atoms with E-state index < -0.39 is 11.9 Å². The first-order valence-electron chi connectivity index (χ1n) is 9.22. The number of rotatable bonds is 4. The molecule has 146 valence electrons. The van der Waals surface area contributed by atoms with Gasteiger partial charge in [0.1, 0.15) is 0 Å². The van der Waals surface area contributed by atoms with Gasteiger partial charge in [0.25, 0.3) is 5.91 Å². The number of likely N-dealkylation sites (tertiary alicyclic amines) is 1. The molecule has 3 rings (SSSR count). The molecule has 7 nitrogen and oxygen atoms in total. The number of aliphatic carboxylic acids is 1. The summed E-state index contributed by atoms with van der Waals surface area (Å²) in [6.45, 7) is 2.32. The molecule has 1 fully saturated rings. The minimum absolute atomic E-state index is 0.196. The molecule has 2 aromatic rings. The first-order chi connectivity index (χ1) is 13.5. The van der Waals surface area contributed by atoms with Crippen LogP contribution in [0.5, 0.6) is 0 Å². The van der Waals surface area contributed by atoms with Gasteiger partial charge in [0.15, 0.2) is 0 Å². The molecule has 1 heterocycles. The van der Waals surface area contributed by atoms with Crippen molar-refractivity contribution < 1.29 is 19.5 Å². The standard InChI is InChI=1S/C21H23N3O4/c1-14-18(20(26)27)8-5-13-24(14)19(25)15-9-11-17(12-10-15)23-21(28)22-16-6-3-2-4-7-16/h2-4,6-7,9-12,14,18H,5,8,13H2,1H3,(H,26,27)(H2,22,23,28)/t14-,18-/m1/s1. The molecule has 0 aliphatic carbocycles. The van der Waals surface area contributed by atoms with Crippen LogP contribution in [0.15, 0.2) is 54.6 Å². The number of nitrogens with one attached hydrogen (secondary N) is 2. The van der Waals surface area contributed by atoms with Gasteiger partial charge in [0.2, 0.25) is 0 Å². The van der Waals surface area contributed by atoms with Crippen LogP contribution in [-0.4, -0.2) is 40.5 Å². The largest absolute Gasteiger partial charge is 0.481 e. The van der Waals surface area contributed by atoms with Crippen LogP contribution >= 0.6 is 0 Å². The van der Waals surface area contributed by atoms with E-state index in [1.807, 2.05) is 18.2 Å². The van der Waals surface area contributed by atoms with Crippen molar-refractivity contribution in [2.45, 2.75) is 25.8 Å². The highest BCUT2D eigenvalue weighted by Gasteiger charge is 2.35. The number of carboxylic acids is 1. The first kappa shape index (κ1) is 19.4. The van der Waals surface area contributed by atoms with Gasteiger partial charge >= 0.3 is 12.0 Å². The van der Waals surface area contributed by atoms with E-state index in [0.717, 1.165) is 0 Å². The van der Waals surface area contributed by atoms with E-state index in [1.54, 1.807) is 48.2 Å². The zero-order chi connectivity index (χ0) is 20.1. The summed E-state index contributed by atoms with van der Waals surface area (Å²) in [7, 11) is 0. The Morgan fingerprint density at radius 1 is 0.964 bits per heavy atom. The molecule has 0 saturated carbocycles. The third-order valence-corrected chi connectivity index (χ3v) is 4.99. The fourth-order valence-electron chi connectivity index (χ4n) is 3.44. The van der Waals surface area contributed by atoms with E-state index in [4.69, 9.17) is 0 Å². The SMILES string of the molecule is C[C@@H]1[C@H](C(=O)O)CCCN1C(=O)c1ccc(NC(=O)Nc2ccccc2)cc1. The van der Waals surface area contributed by atoms with Gasteiger partial charge in [-0.15, -0.1) is 0 Å². The van der Waals surface area contributed by atoms with E-state index in [2.05, 4.69) is 10.6 Å². The van der Waals surface area contributed by atoms with Gasteiger partial charge in [-0.2, -0.15) is 0 Å². The summed E-state index contributed by atoms with van der Waals surface area (Å²) in [5.41, 5.74) is 1.70. The average Bonchev–Trinajstić information content (AvgIpc) is 2.68. The van der Waals surface area contributed by atoms with Crippen molar-refractivity contribution in [3.8, 4) is 0 Å². The lowest BCUT2D eigenvalue weighted by molar-refractivity contribution is -0.144. The monoisotopic (exact) mass is 381 g/mol. The fraction of sp³-hybridized carbons (Fsp3) is 0.286. The third-order valence-electron chi connectivity index (χ3n) is 4.99. The van der Waals surface area contributed by atoms with Crippen LogP contribution in [-0.2, 0) is 4.79 Å². The number of benzene rings is 2. The summed E-state index contributed by atoms with van der Waals surface area (Å²) in [6, 6.07) is 14.9. The molecule has 0 spiro atoms. The van der Waals surface area contributed by atoms with Gasteiger partial charge in [0, 0.05) is 29.5 Å². The number of amides is 3. The van der Waals surface area contributed by atoms with Gasteiger partial charge in [-0.1, -0.05) is 18.2 Å². The molecule has 0 aromatic heterocycles. The van der Waals surface area contributed by atoms with Crippen molar-refractivity contribution >= 4 is 29.3 Å². The van der Waals surface area contributed by atoms with E-state index in [-0.39, 0.29) is 18.0 Å². The minimum Gasteiger partial charge on any atom is -0.481 e. The van der Waals surface area contributed by atoms with Crippen LogP contribution in [0.4, 0.5) is 16.2 Å². The van der Waals surface area contributed by atoms with Crippen molar-refractivity contribution in [1.29, 1.82) is 0 Å². The molecule has 2 aromatic carbocycles. The van der Waals surface area contributed by atoms with Crippen molar-refractivity contribution in [3.63, 3.8) is 0 Å². The predicted octanol–water partition coefficient (Wildman–Crippen LogP) is 3.66. The maximum Gasteiger partial charge on any atom is 0.323 e. The smallest absolute Gasteiger partial charge is 0.323 e. The topological polar surface area (TPSA) is 98.7 Å². The number of carbonyl (C=O) groups excluding carboxylic acids is 2. The molecule has 0 bridgehead atoms. The highest BCUT2D eigenvalue weighted by Crippen LogP contribution is 2.25. The molecule has 1 saturated heterocycles. The molecular weight excluding hydrogens is 358 g/mol. The number of nitrogens with zero attached hydrogens (tertiary/aromatic N) is 1. The Hall–Kier alpha value is -3.35. The minimum atomic E-state index is -0.867. The number of carbonyl (C=O) groups is 3. The van der Waals surface area contributed by atoms with Crippen molar-refractivity contribution in [3.05, 3.63) is 60.2 Å². The lowest BCUT2D eigenvalue weighted by Crippen LogP contribution is -2.49. The number of anilines is 2. The van der Waals surface area contributed by atoms with Gasteiger partial charge in [0.05, 0.1) is 5.92 Å². The second-order valence-corrected chi connectivity index (χ2v) is 6.85. The van der Waals surface area contributed by atoms with Crippen LogP contribution in [0.25, 0.3) is 0 Å². The number of para-hydroxylation sites is 1. The summed E-state index contributed by atoms with van der Waals surface area (Å²) >= 11 is 0. The van der Waals surface area contributed by atoms with Crippen molar-refractivity contribution in [1.82, 2.24) is 4.90 Å². The van der Waals surface area contributed by atoms with Crippen molar-refractivity contribution in [2.24, 2.45) is 5.92 Å². The highest BCUT2D eigenvalue weighted by atomic mass is 16.4. The number of hydrogen-bond donors (Lipinski definition) is 3. The van der Waals surface area contributed by atoms with Gasteiger partial charge in [-0.3, -0.25) is 9.59 Å². The molecule has 1 aliphatic rings. The Morgan fingerprint density at radius 3 is 2.18 bits per heavy atom. The maximum absolute atomic E-state index is 12.8. The van der Waals surface area contributed by atoms with Gasteiger partial charge in [-0.05, 0) is 56.2 Å². The second kappa shape index (κ2) is 8.56. The Labute approximate surface area is 163 Å². The quantitative estimate of drug-likeness (QED) is 0.753. The average molecular weight is 381 g/mol. The van der Waals surface area contributed by atoms with Crippen LogP contribution in [0, 0.1) is 5.92 Å². The number of piperidine rings is 1. The highest BCUT2D eigenvalue weighted by molar-refractivity contribution is 6.00. The maximum atomic E-state index is 12.8. The first-order valence-corrected chi connectivity index (χ1v) is 9.22. The zero-order valence-corrected chi connectivity index (χ0v) is 15.6. The van der Waals surface area contributed by atoms with Gasteiger partial charge < -0.3 is 20.6 Å². The van der Waals surface area contributed by atoms with E-state index in [9.17, 15) is 19.5 Å². The van der Waals surface area contributed by atoms with E-state index in [1.165, 1.54) is 0 Å². The van der Waals surface area contributed by atoms with Gasteiger partial charge in [-0.25, -0.2) is 4.79 Å². The normalized spacial score (nSPS) is 19.0. The molecule has 2 atom stereocenters. The summed E-state index contributed by atoms with van der Waals surface area (Å²) in [4.78, 5) is 37.8. The number of hydrogen-bond acceptors (Lipinski definition) is 3. The molecule has 3 amide bonds. The summed E-state index contributed by atoms with van der Waals surface area (Å²) < 4.78 is 0. The van der Waals surface area contributed by atoms with E-state index in [0.29, 0.717) is 36.3 Å². The fourth-order valence-corrected chi connectivity index (χ4v) is 3.44. The molecular formula is C21H23N3O4. The summed E-state index contributed by atoms with van der Waals surface area (Å²) in [6.07, 6.45) is 1.26. The predicted molar refractivity (Wildman–Crippen MR) is 106 cm³/mol.